The topological polar surface area (TPSA) is 103 Å². The molecule has 1 unspecified atom stereocenters. The number of hydrogen-bond acceptors (Lipinski definition) is 6. The zero-order chi connectivity index (χ0) is 23.9. The fourth-order valence-corrected chi connectivity index (χ4v) is 5.67. The normalized spacial score (nSPS) is 20.6. The van der Waals surface area contributed by atoms with Crippen molar-refractivity contribution in [1.82, 2.24) is 34.6 Å². The van der Waals surface area contributed by atoms with E-state index in [1.165, 1.54) is 6.08 Å². The second-order valence-electron chi connectivity index (χ2n) is 9.45. The van der Waals surface area contributed by atoms with Crippen LogP contribution in [0.25, 0.3) is 27.7 Å². The molecule has 2 fully saturated rings. The molecule has 0 aliphatic carbocycles. The summed E-state index contributed by atoms with van der Waals surface area (Å²) in [5.41, 5.74) is 5.08. The van der Waals surface area contributed by atoms with Crippen molar-refractivity contribution < 1.29 is 9.90 Å². The monoisotopic (exact) mass is 471 g/mol. The molecule has 0 saturated carbocycles. The van der Waals surface area contributed by atoms with Crippen LogP contribution >= 0.6 is 0 Å². The van der Waals surface area contributed by atoms with E-state index in [1.54, 1.807) is 10.8 Å². The van der Waals surface area contributed by atoms with Crippen LogP contribution in [-0.2, 0) is 4.79 Å². The van der Waals surface area contributed by atoms with Crippen molar-refractivity contribution in [2.24, 2.45) is 0 Å². The lowest BCUT2D eigenvalue weighted by molar-refractivity contribution is -0.139. The lowest BCUT2D eigenvalue weighted by Crippen LogP contribution is -2.50. The third-order valence-corrected chi connectivity index (χ3v) is 7.52. The van der Waals surface area contributed by atoms with Gasteiger partial charge < -0.3 is 15.0 Å². The van der Waals surface area contributed by atoms with E-state index in [1.807, 2.05) is 40.4 Å². The van der Waals surface area contributed by atoms with Crippen molar-refractivity contribution in [1.29, 1.82) is 0 Å². The summed E-state index contributed by atoms with van der Waals surface area (Å²) >= 11 is 0. The number of aliphatic hydroxyl groups excluding tert-OH is 1. The molecule has 6 rings (SSSR count). The Bertz CT molecular complexity index is 1380. The molecule has 9 nitrogen and oxygen atoms in total. The summed E-state index contributed by atoms with van der Waals surface area (Å²) in [7, 11) is 0. The van der Waals surface area contributed by atoms with Crippen molar-refractivity contribution in [3.8, 4) is 11.1 Å². The predicted molar refractivity (Wildman–Crippen MR) is 133 cm³/mol. The summed E-state index contributed by atoms with van der Waals surface area (Å²) in [5.74, 6) is 0.467. The minimum Gasteiger partial charge on any atom is -0.375 e. The number of piperidine rings is 1. The first-order valence-corrected chi connectivity index (χ1v) is 12.3. The third kappa shape index (κ3) is 3.81. The first-order valence-electron chi connectivity index (χ1n) is 12.3. The summed E-state index contributed by atoms with van der Waals surface area (Å²) < 4.78 is 1.64. The third-order valence-electron chi connectivity index (χ3n) is 7.52. The maximum Gasteiger partial charge on any atom is 0.240 e. The smallest absolute Gasteiger partial charge is 0.240 e. The van der Waals surface area contributed by atoms with Gasteiger partial charge in [0.05, 0.1) is 17.8 Å². The number of fused-ring (bicyclic) bond motifs is 2. The van der Waals surface area contributed by atoms with Crippen LogP contribution in [0.5, 0.6) is 0 Å². The molecule has 2 aliphatic heterocycles. The number of nitrogens with one attached hydrogen (secondary N) is 1. The fraction of sp³-hybridized carbons (Fsp3) is 0.385. The summed E-state index contributed by atoms with van der Waals surface area (Å²) in [5, 5.41) is 19.9. The Kier molecular flexibility index (Phi) is 5.58. The molecular formula is C26H29N7O2. The van der Waals surface area contributed by atoms with E-state index in [2.05, 4.69) is 32.8 Å². The van der Waals surface area contributed by atoms with Gasteiger partial charge >= 0.3 is 0 Å². The van der Waals surface area contributed by atoms with Crippen LogP contribution in [0.2, 0.25) is 0 Å². The van der Waals surface area contributed by atoms with E-state index in [0.717, 1.165) is 65.6 Å². The van der Waals surface area contributed by atoms with E-state index in [-0.39, 0.29) is 11.9 Å². The highest BCUT2D eigenvalue weighted by Gasteiger charge is 2.37. The first-order chi connectivity index (χ1) is 17.1. The molecule has 2 aliphatic rings. The minimum atomic E-state index is -0.763. The summed E-state index contributed by atoms with van der Waals surface area (Å²) in [6.07, 6.45) is 9.64. The van der Waals surface area contributed by atoms with E-state index in [0.29, 0.717) is 19.0 Å². The number of aromatic amines is 1. The number of carbonyl (C=O) groups excluding carboxylic acids is 1. The number of carbonyl (C=O) groups is 1. The van der Waals surface area contributed by atoms with Gasteiger partial charge in [-0.2, -0.15) is 14.8 Å². The van der Waals surface area contributed by atoms with Gasteiger partial charge in [-0.1, -0.05) is 6.58 Å². The molecule has 1 amide bonds. The van der Waals surface area contributed by atoms with Crippen LogP contribution in [0.15, 0.2) is 55.5 Å². The number of likely N-dealkylation sites (tertiary alicyclic amines) is 2. The van der Waals surface area contributed by atoms with E-state index in [9.17, 15) is 9.90 Å². The number of H-pyrrole nitrogens is 1. The maximum absolute atomic E-state index is 13.2. The van der Waals surface area contributed by atoms with Crippen LogP contribution in [0.1, 0.15) is 37.3 Å². The molecule has 0 spiro atoms. The molecule has 2 saturated heterocycles. The molecule has 4 aromatic heterocycles. The first kappa shape index (κ1) is 21.9. The van der Waals surface area contributed by atoms with Crippen LogP contribution in [0.4, 0.5) is 0 Å². The zero-order valence-corrected chi connectivity index (χ0v) is 19.5. The second-order valence-corrected chi connectivity index (χ2v) is 9.45. The Labute approximate surface area is 203 Å². The minimum absolute atomic E-state index is 0.129. The number of pyridine rings is 1. The van der Waals surface area contributed by atoms with Gasteiger partial charge in [0.2, 0.25) is 5.91 Å². The quantitative estimate of drug-likeness (QED) is 0.434. The highest BCUT2D eigenvalue weighted by atomic mass is 16.3. The highest BCUT2D eigenvalue weighted by molar-refractivity contribution is 5.97. The second kappa shape index (κ2) is 8.90. The number of hydrogen-bond donors (Lipinski definition) is 2. The largest absolute Gasteiger partial charge is 0.375 e. The van der Waals surface area contributed by atoms with Crippen LogP contribution in [0, 0.1) is 0 Å². The van der Waals surface area contributed by atoms with Crippen molar-refractivity contribution in [3.63, 3.8) is 0 Å². The molecule has 35 heavy (non-hydrogen) atoms. The van der Waals surface area contributed by atoms with Crippen molar-refractivity contribution in [2.45, 2.75) is 43.9 Å². The van der Waals surface area contributed by atoms with Crippen LogP contribution in [0.3, 0.4) is 0 Å². The van der Waals surface area contributed by atoms with Gasteiger partial charge in [-0.15, -0.1) is 0 Å². The van der Waals surface area contributed by atoms with Crippen molar-refractivity contribution >= 4 is 22.5 Å². The van der Waals surface area contributed by atoms with Crippen molar-refractivity contribution in [3.05, 3.63) is 61.2 Å². The Hall–Kier alpha value is -3.56. The van der Waals surface area contributed by atoms with Crippen LogP contribution in [-0.4, -0.2) is 77.5 Å². The summed E-state index contributed by atoms with van der Waals surface area (Å²) in [6.45, 7) is 5.84. The molecule has 2 N–H and O–H groups in total. The Balaban J connectivity index is 1.20. The molecule has 6 heterocycles. The molecule has 9 heteroatoms. The molecule has 4 aromatic rings. The van der Waals surface area contributed by atoms with Gasteiger partial charge in [-0.25, -0.2) is 4.98 Å². The summed E-state index contributed by atoms with van der Waals surface area (Å²) in [4.78, 5) is 25.1. The van der Waals surface area contributed by atoms with Crippen LogP contribution < -0.4 is 0 Å². The molecule has 180 valence electrons. The zero-order valence-electron chi connectivity index (χ0n) is 19.5. The number of nitrogens with zero attached hydrogens (tertiary/aromatic N) is 6. The van der Waals surface area contributed by atoms with Gasteiger partial charge in [0.25, 0.3) is 0 Å². The lowest BCUT2D eigenvalue weighted by atomic mass is 9.92. The number of rotatable bonds is 5. The lowest BCUT2D eigenvalue weighted by Gasteiger charge is -2.36. The SMILES string of the molecule is C=CC(O)N1CCC[C@@H]1C(=O)N1CCC(c2cc3c(-c4cnn5ncccc45)ccnc3[nH]2)CC1. The number of amides is 1. The Morgan fingerprint density at radius 2 is 2.00 bits per heavy atom. The van der Waals surface area contributed by atoms with E-state index in [4.69, 9.17) is 0 Å². The fourth-order valence-electron chi connectivity index (χ4n) is 5.67. The highest BCUT2D eigenvalue weighted by Crippen LogP contribution is 2.35. The predicted octanol–water partition coefficient (Wildman–Crippen LogP) is 2.95. The van der Waals surface area contributed by atoms with E-state index < -0.39 is 6.23 Å². The average molecular weight is 472 g/mol. The molecule has 2 atom stereocenters. The van der Waals surface area contributed by atoms with Gasteiger partial charge in [0, 0.05) is 54.6 Å². The van der Waals surface area contributed by atoms with E-state index >= 15 is 0 Å². The van der Waals surface area contributed by atoms with Crippen molar-refractivity contribution in [2.75, 3.05) is 19.6 Å². The average Bonchev–Trinajstić information content (AvgIpc) is 3.65. The molecule has 0 aromatic carbocycles. The summed E-state index contributed by atoms with van der Waals surface area (Å²) in [6, 6.07) is 7.91. The van der Waals surface area contributed by atoms with Gasteiger partial charge in [-0.3, -0.25) is 9.69 Å². The number of aliphatic hydroxyl groups is 1. The molecular weight excluding hydrogens is 442 g/mol. The Morgan fingerprint density at radius 1 is 1.14 bits per heavy atom. The maximum atomic E-state index is 13.2. The number of aromatic nitrogens is 5. The van der Waals surface area contributed by atoms with Gasteiger partial charge in [-0.05, 0) is 61.6 Å². The van der Waals surface area contributed by atoms with Gasteiger partial charge in [0.15, 0.2) is 0 Å². The standard InChI is InChI=1S/C26H29N7O2/c1-2-24(34)32-12-4-6-23(32)26(35)31-13-8-17(9-14-31)21-15-19-18(7-11-27-25(19)30-21)20-16-29-33-22(20)5-3-10-28-33/h2-3,5,7,10-11,15-17,23-24,34H,1,4,6,8-9,12-14H2,(H,27,30)/t23-,24?/m1/s1. The van der Waals surface area contributed by atoms with Gasteiger partial charge in [0.1, 0.15) is 11.9 Å². The Morgan fingerprint density at radius 3 is 2.83 bits per heavy atom. The molecule has 0 bridgehead atoms. The molecule has 0 radical (unpaired) electrons.